The maximum absolute atomic E-state index is 12.5. The molecule has 3 heterocycles. The highest BCUT2D eigenvalue weighted by atomic mass is 35.5. The molecule has 0 spiro atoms. The van der Waals surface area contributed by atoms with Crippen LogP contribution in [0.4, 0.5) is 0 Å². The van der Waals surface area contributed by atoms with Gasteiger partial charge in [0.25, 0.3) is 5.91 Å². The molecule has 4 rings (SSSR count). The number of carbonyl (C=O) groups excluding carboxylic acids is 1. The first-order chi connectivity index (χ1) is 14.0. The molecule has 2 N–H and O–H groups in total. The van der Waals surface area contributed by atoms with Gasteiger partial charge in [-0.05, 0) is 25.1 Å². The Morgan fingerprint density at radius 3 is 3.07 bits per heavy atom. The molecule has 1 aliphatic heterocycles. The predicted octanol–water partition coefficient (Wildman–Crippen LogP) is 2.19. The van der Waals surface area contributed by atoms with Crippen LogP contribution in [0.2, 0.25) is 5.02 Å². The quantitative estimate of drug-likeness (QED) is 0.672. The highest BCUT2D eigenvalue weighted by Gasteiger charge is 2.18. The normalized spacial score (nSPS) is 14.1. The molecule has 0 saturated heterocycles. The van der Waals surface area contributed by atoms with E-state index in [2.05, 4.69) is 20.7 Å². The summed E-state index contributed by atoms with van der Waals surface area (Å²) in [7, 11) is 0. The highest BCUT2D eigenvalue weighted by molar-refractivity contribution is 6.32. The first-order valence-electron chi connectivity index (χ1n) is 9.34. The van der Waals surface area contributed by atoms with E-state index < -0.39 is 0 Å². The van der Waals surface area contributed by atoms with Gasteiger partial charge in [0, 0.05) is 37.1 Å². The lowest BCUT2D eigenvalue weighted by molar-refractivity contribution is 0.0931. The topological polar surface area (TPSA) is 101 Å². The fraction of sp³-hybridized carbons (Fsp3) is 0.300. The zero-order valence-electron chi connectivity index (χ0n) is 15.9. The number of hydrogen-bond acceptors (Lipinski definition) is 5. The van der Waals surface area contributed by atoms with Crippen molar-refractivity contribution in [1.82, 2.24) is 30.0 Å². The van der Waals surface area contributed by atoms with E-state index in [0.717, 1.165) is 30.2 Å². The minimum absolute atomic E-state index is 0.128. The summed E-state index contributed by atoms with van der Waals surface area (Å²) in [4.78, 5) is 16.9. The minimum Gasteiger partial charge on any atom is -0.346 e. The Bertz CT molecular complexity index is 1070. The standard InChI is InChI=1S/C20H20ClN7O/c1-13(24-20(29)18-12-27-7-5-23-10-19(27)25-18)11-28-6-4-17(26-28)14-2-3-15(9-22)16(21)8-14/h2-4,6,8,12-13,23H,5,7,10-11H2,1H3,(H,24,29). The van der Waals surface area contributed by atoms with E-state index in [1.165, 1.54) is 0 Å². The molecule has 0 fully saturated rings. The van der Waals surface area contributed by atoms with E-state index in [4.69, 9.17) is 16.9 Å². The number of imidazole rings is 1. The average molecular weight is 410 g/mol. The second-order valence-corrected chi connectivity index (χ2v) is 7.42. The molecule has 3 aromatic rings. The Kier molecular flexibility index (Phi) is 5.34. The van der Waals surface area contributed by atoms with E-state index in [1.54, 1.807) is 23.0 Å². The van der Waals surface area contributed by atoms with Crippen LogP contribution in [0.15, 0.2) is 36.7 Å². The van der Waals surface area contributed by atoms with Crippen molar-refractivity contribution < 1.29 is 4.79 Å². The average Bonchev–Trinajstić information content (AvgIpc) is 3.34. The molecule has 0 aliphatic carbocycles. The number of aromatic nitrogens is 4. The summed E-state index contributed by atoms with van der Waals surface area (Å²) in [5, 5.41) is 20.1. The Morgan fingerprint density at radius 1 is 1.45 bits per heavy atom. The maximum atomic E-state index is 12.5. The monoisotopic (exact) mass is 409 g/mol. The van der Waals surface area contributed by atoms with Crippen molar-refractivity contribution in [2.24, 2.45) is 0 Å². The largest absolute Gasteiger partial charge is 0.346 e. The molecule has 0 bridgehead atoms. The van der Waals surface area contributed by atoms with E-state index in [1.807, 2.05) is 35.9 Å². The molecule has 2 aromatic heterocycles. The van der Waals surface area contributed by atoms with Crippen molar-refractivity contribution in [2.45, 2.75) is 32.6 Å². The summed E-state index contributed by atoms with van der Waals surface area (Å²) in [6, 6.07) is 9.02. The molecule has 148 valence electrons. The van der Waals surface area contributed by atoms with Crippen LogP contribution in [0.1, 0.15) is 28.8 Å². The van der Waals surface area contributed by atoms with E-state index in [-0.39, 0.29) is 11.9 Å². The van der Waals surface area contributed by atoms with E-state index in [0.29, 0.717) is 29.4 Å². The van der Waals surface area contributed by atoms with Gasteiger partial charge >= 0.3 is 0 Å². The summed E-state index contributed by atoms with van der Waals surface area (Å²) in [5.41, 5.74) is 2.46. The number of benzene rings is 1. The van der Waals surface area contributed by atoms with Gasteiger partial charge in [-0.25, -0.2) is 4.98 Å². The van der Waals surface area contributed by atoms with Gasteiger partial charge in [-0.1, -0.05) is 17.7 Å². The smallest absolute Gasteiger partial charge is 0.271 e. The second-order valence-electron chi connectivity index (χ2n) is 7.02. The summed E-state index contributed by atoms with van der Waals surface area (Å²) >= 11 is 6.11. The van der Waals surface area contributed by atoms with Gasteiger partial charge in [0.1, 0.15) is 17.6 Å². The van der Waals surface area contributed by atoms with Crippen LogP contribution < -0.4 is 10.6 Å². The van der Waals surface area contributed by atoms with Crippen LogP contribution in [0.25, 0.3) is 11.3 Å². The molecule has 29 heavy (non-hydrogen) atoms. The lowest BCUT2D eigenvalue weighted by Crippen LogP contribution is -2.36. The third kappa shape index (κ3) is 4.16. The summed E-state index contributed by atoms with van der Waals surface area (Å²) < 4.78 is 3.78. The van der Waals surface area contributed by atoms with Crippen LogP contribution in [0, 0.1) is 11.3 Å². The molecule has 1 unspecified atom stereocenters. The van der Waals surface area contributed by atoms with Crippen molar-refractivity contribution in [1.29, 1.82) is 5.26 Å². The van der Waals surface area contributed by atoms with Crippen molar-refractivity contribution >= 4 is 17.5 Å². The molecular weight excluding hydrogens is 390 g/mol. The van der Waals surface area contributed by atoms with Crippen molar-refractivity contribution in [2.75, 3.05) is 6.54 Å². The highest BCUT2D eigenvalue weighted by Crippen LogP contribution is 2.24. The molecular formula is C20H20ClN7O. The predicted molar refractivity (Wildman–Crippen MR) is 108 cm³/mol. The molecule has 1 atom stereocenters. The lowest BCUT2D eigenvalue weighted by atomic mass is 10.1. The molecule has 9 heteroatoms. The van der Waals surface area contributed by atoms with Gasteiger partial charge in [0.15, 0.2) is 0 Å². The SMILES string of the molecule is CC(Cn1ccc(-c2ccc(C#N)c(Cl)c2)n1)NC(=O)c1cn2c(n1)CNCC2. The lowest BCUT2D eigenvalue weighted by Gasteiger charge is -2.13. The van der Waals surface area contributed by atoms with Gasteiger partial charge in [0.2, 0.25) is 0 Å². The molecule has 8 nitrogen and oxygen atoms in total. The minimum atomic E-state index is -0.189. The number of nitriles is 1. The molecule has 1 amide bonds. The fourth-order valence-corrected chi connectivity index (χ4v) is 3.53. The third-order valence-corrected chi connectivity index (χ3v) is 5.08. The van der Waals surface area contributed by atoms with Gasteiger partial charge in [-0.2, -0.15) is 10.4 Å². The molecule has 0 radical (unpaired) electrons. The number of halogens is 1. The van der Waals surface area contributed by atoms with Crippen molar-refractivity contribution in [3.63, 3.8) is 0 Å². The first-order valence-corrected chi connectivity index (χ1v) is 9.72. The van der Waals surface area contributed by atoms with Crippen LogP contribution in [-0.2, 0) is 19.6 Å². The number of hydrogen-bond donors (Lipinski definition) is 2. The Balaban J connectivity index is 1.39. The van der Waals surface area contributed by atoms with Crippen LogP contribution in [0.5, 0.6) is 0 Å². The number of carbonyl (C=O) groups is 1. The Morgan fingerprint density at radius 2 is 2.31 bits per heavy atom. The maximum Gasteiger partial charge on any atom is 0.271 e. The van der Waals surface area contributed by atoms with Gasteiger partial charge in [0.05, 0.1) is 29.4 Å². The summed E-state index contributed by atoms with van der Waals surface area (Å²) in [6.07, 6.45) is 3.66. The van der Waals surface area contributed by atoms with Crippen LogP contribution in [-0.4, -0.2) is 37.8 Å². The molecule has 0 saturated carbocycles. The summed E-state index contributed by atoms with van der Waals surface area (Å²) in [5.74, 6) is 0.692. The number of fused-ring (bicyclic) bond motifs is 1. The Labute approximate surface area is 173 Å². The zero-order valence-corrected chi connectivity index (χ0v) is 16.6. The van der Waals surface area contributed by atoms with E-state index in [9.17, 15) is 4.79 Å². The molecule has 1 aliphatic rings. The Hall–Kier alpha value is -3.15. The molecule has 1 aromatic carbocycles. The van der Waals surface area contributed by atoms with Gasteiger partial charge in [-0.15, -0.1) is 0 Å². The van der Waals surface area contributed by atoms with E-state index >= 15 is 0 Å². The van der Waals surface area contributed by atoms with Gasteiger partial charge in [-0.3, -0.25) is 9.48 Å². The van der Waals surface area contributed by atoms with Crippen LogP contribution >= 0.6 is 11.6 Å². The fourth-order valence-electron chi connectivity index (χ4n) is 3.30. The van der Waals surface area contributed by atoms with Crippen LogP contribution in [0.3, 0.4) is 0 Å². The number of nitrogens with zero attached hydrogens (tertiary/aromatic N) is 5. The van der Waals surface area contributed by atoms with Crippen molar-refractivity contribution in [3.05, 3.63) is 58.8 Å². The van der Waals surface area contributed by atoms with Crippen molar-refractivity contribution in [3.8, 4) is 17.3 Å². The van der Waals surface area contributed by atoms with Gasteiger partial charge < -0.3 is 15.2 Å². The number of nitrogens with one attached hydrogen (secondary N) is 2. The zero-order chi connectivity index (χ0) is 20.4. The number of amides is 1. The first kappa shape index (κ1) is 19.2. The number of rotatable bonds is 5. The summed E-state index contributed by atoms with van der Waals surface area (Å²) in [6.45, 7) is 4.83. The second kappa shape index (κ2) is 8.07. The third-order valence-electron chi connectivity index (χ3n) is 4.77.